The molecule has 1 aromatic heterocycles. The standard InChI is InChI=1S/C25H26N4O3/c30-24(27-22-6-2-1-3-7-22)18-28-13-15-29(16-14-28)25(31)21-8-10-23(11-9-21)32-19-20-5-4-12-26-17-20/h1-12,17H,13-16,18-19H2,(H,27,30). The number of anilines is 1. The number of para-hydroxylation sites is 1. The zero-order chi connectivity index (χ0) is 22.2. The van der Waals surface area contributed by atoms with E-state index in [4.69, 9.17) is 4.74 Å². The Bertz CT molecular complexity index is 1020. The third-order valence-electron chi connectivity index (χ3n) is 5.31. The van der Waals surface area contributed by atoms with Crippen molar-refractivity contribution in [1.29, 1.82) is 0 Å². The number of hydrogen-bond donors (Lipinski definition) is 1. The van der Waals surface area contributed by atoms with Gasteiger partial charge in [-0.1, -0.05) is 24.3 Å². The lowest BCUT2D eigenvalue weighted by Crippen LogP contribution is -2.50. The van der Waals surface area contributed by atoms with Gasteiger partial charge in [0, 0.05) is 55.4 Å². The Morgan fingerprint density at radius 1 is 0.906 bits per heavy atom. The lowest BCUT2D eigenvalue weighted by molar-refractivity contribution is -0.117. The monoisotopic (exact) mass is 430 g/mol. The summed E-state index contributed by atoms with van der Waals surface area (Å²) >= 11 is 0. The van der Waals surface area contributed by atoms with Crippen LogP contribution in [0.5, 0.6) is 5.75 Å². The molecule has 2 heterocycles. The van der Waals surface area contributed by atoms with Gasteiger partial charge >= 0.3 is 0 Å². The van der Waals surface area contributed by atoms with Crippen LogP contribution in [0.25, 0.3) is 0 Å². The van der Waals surface area contributed by atoms with Crippen molar-refractivity contribution >= 4 is 17.5 Å². The number of piperazine rings is 1. The van der Waals surface area contributed by atoms with Crippen LogP contribution in [0.15, 0.2) is 79.1 Å². The molecule has 7 nitrogen and oxygen atoms in total. The first-order valence-electron chi connectivity index (χ1n) is 10.7. The van der Waals surface area contributed by atoms with Gasteiger partial charge in [0.2, 0.25) is 5.91 Å². The highest BCUT2D eigenvalue weighted by Crippen LogP contribution is 2.16. The van der Waals surface area contributed by atoms with Gasteiger partial charge in [-0.25, -0.2) is 0 Å². The van der Waals surface area contributed by atoms with Crippen molar-refractivity contribution in [2.24, 2.45) is 0 Å². The summed E-state index contributed by atoms with van der Waals surface area (Å²) in [5, 5.41) is 2.90. The number of benzene rings is 2. The average Bonchev–Trinajstić information content (AvgIpc) is 2.84. The Labute approximate surface area is 187 Å². The van der Waals surface area contributed by atoms with Gasteiger partial charge in [0.15, 0.2) is 0 Å². The Morgan fingerprint density at radius 3 is 2.34 bits per heavy atom. The van der Waals surface area contributed by atoms with Gasteiger partial charge in [-0.15, -0.1) is 0 Å². The lowest BCUT2D eigenvalue weighted by atomic mass is 10.1. The van der Waals surface area contributed by atoms with Crippen molar-refractivity contribution in [3.8, 4) is 5.75 Å². The number of nitrogens with zero attached hydrogens (tertiary/aromatic N) is 3. The van der Waals surface area contributed by atoms with Gasteiger partial charge in [0.25, 0.3) is 5.91 Å². The zero-order valence-corrected chi connectivity index (χ0v) is 17.8. The molecule has 1 fully saturated rings. The second-order valence-electron chi connectivity index (χ2n) is 7.66. The number of carbonyl (C=O) groups is 2. The first kappa shape index (κ1) is 21.5. The van der Waals surface area contributed by atoms with Crippen molar-refractivity contribution in [2.75, 3.05) is 38.0 Å². The highest BCUT2D eigenvalue weighted by atomic mass is 16.5. The fraction of sp³-hybridized carbons (Fsp3) is 0.240. The topological polar surface area (TPSA) is 74.8 Å². The maximum Gasteiger partial charge on any atom is 0.253 e. The summed E-state index contributed by atoms with van der Waals surface area (Å²) < 4.78 is 5.76. The number of pyridine rings is 1. The molecule has 0 aliphatic carbocycles. The molecule has 164 valence electrons. The second-order valence-corrected chi connectivity index (χ2v) is 7.66. The Hall–Kier alpha value is -3.71. The van der Waals surface area contributed by atoms with E-state index in [9.17, 15) is 9.59 Å². The predicted octanol–water partition coefficient (Wildman–Crippen LogP) is 3.06. The summed E-state index contributed by atoms with van der Waals surface area (Å²) in [7, 11) is 0. The molecule has 2 aromatic carbocycles. The van der Waals surface area contributed by atoms with Crippen LogP contribution in [0.1, 0.15) is 15.9 Å². The smallest absolute Gasteiger partial charge is 0.253 e. The van der Waals surface area contributed by atoms with Gasteiger partial charge in [-0.3, -0.25) is 19.5 Å². The lowest BCUT2D eigenvalue weighted by Gasteiger charge is -2.34. The minimum Gasteiger partial charge on any atom is -0.489 e. The fourth-order valence-electron chi connectivity index (χ4n) is 3.56. The van der Waals surface area contributed by atoms with Crippen molar-refractivity contribution in [3.63, 3.8) is 0 Å². The minimum atomic E-state index is -0.0437. The number of aromatic nitrogens is 1. The summed E-state index contributed by atoms with van der Waals surface area (Å²) in [4.78, 5) is 33.1. The van der Waals surface area contributed by atoms with E-state index >= 15 is 0 Å². The molecule has 2 amide bonds. The van der Waals surface area contributed by atoms with Crippen molar-refractivity contribution < 1.29 is 14.3 Å². The van der Waals surface area contributed by atoms with Crippen molar-refractivity contribution in [2.45, 2.75) is 6.61 Å². The van der Waals surface area contributed by atoms with Crippen LogP contribution in [0, 0.1) is 0 Å². The molecule has 7 heteroatoms. The molecule has 4 rings (SSSR count). The van der Waals surface area contributed by atoms with Crippen LogP contribution in [0.4, 0.5) is 5.69 Å². The molecule has 3 aromatic rings. The molecule has 1 aliphatic heterocycles. The molecular weight excluding hydrogens is 404 g/mol. The molecule has 32 heavy (non-hydrogen) atoms. The van der Waals surface area contributed by atoms with Crippen molar-refractivity contribution in [3.05, 3.63) is 90.3 Å². The molecule has 1 saturated heterocycles. The summed E-state index contributed by atoms with van der Waals surface area (Å²) in [5.74, 6) is 0.662. The van der Waals surface area contributed by atoms with E-state index in [1.54, 1.807) is 24.5 Å². The minimum absolute atomic E-state index is 0.00260. The van der Waals surface area contributed by atoms with Gasteiger partial charge in [-0.05, 0) is 42.5 Å². The predicted molar refractivity (Wildman–Crippen MR) is 122 cm³/mol. The maximum atomic E-state index is 12.8. The average molecular weight is 431 g/mol. The van der Waals surface area contributed by atoms with Crippen LogP contribution < -0.4 is 10.1 Å². The van der Waals surface area contributed by atoms with Crippen molar-refractivity contribution in [1.82, 2.24) is 14.8 Å². The van der Waals surface area contributed by atoms with E-state index < -0.39 is 0 Å². The Kier molecular flexibility index (Phi) is 7.09. The van der Waals surface area contributed by atoms with Crippen LogP contribution in [-0.4, -0.2) is 59.3 Å². The van der Waals surface area contributed by atoms with Gasteiger partial charge < -0.3 is 15.0 Å². The number of hydrogen-bond acceptors (Lipinski definition) is 5. The summed E-state index contributed by atoms with van der Waals surface area (Å²) in [6, 6.07) is 20.5. The molecule has 1 aliphatic rings. The van der Waals surface area contributed by atoms with Crippen LogP contribution in [0.3, 0.4) is 0 Å². The number of nitrogens with one attached hydrogen (secondary N) is 1. The number of ether oxygens (including phenoxy) is 1. The molecule has 0 spiro atoms. The highest BCUT2D eigenvalue weighted by molar-refractivity contribution is 5.94. The normalized spacial score (nSPS) is 14.1. The first-order chi connectivity index (χ1) is 15.7. The number of rotatable bonds is 7. The third kappa shape index (κ3) is 5.92. The van der Waals surface area contributed by atoms with E-state index in [1.807, 2.05) is 59.5 Å². The van der Waals surface area contributed by atoms with Crippen LogP contribution in [0.2, 0.25) is 0 Å². The van der Waals surface area contributed by atoms with E-state index in [2.05, 4.69) is 15.2 Å². The second kappa shape index (κ2) is 10.5. The molecule has 0 radical (unpaired) electrons. The fourth-order valence-corrected chi connectivity index (χ4v) is 3.56. The zero-order valence-electron chi connectivity index (χ0n) is 17.8. The van der Waals surface area contributed by atoms with Crippen LogP contribution >= 0.6 is 0 Å². The largest absolute Gasteiger partial charge is 0.489 e. The Morgan fingerprint density at radius 2 is 1.66 bits per heavy atom. The van der Waals surface area contributed by atoms with Gasteiger partial charge in [0.1, 0.15) is 12.4 Å². The Balaban J connectivity index is 1.23. The van der Waals surface area contributed by atoms with Gasteiger partial charge in [0.05, 0.1) is 6.54 Å². The molecule has 0 saturated carbocycles. The van der Waals surface area contributed by atoms with E-state index in [0.29, 0.717) is 50.6 Å². The number of carbonyl (C=O) groups excluding carboxylic acids is 2. The molecule has 0 atom stereocenters. The SMILES string of the molecule is O=C(CN1CCN(C(=O)c2ccc(OCc3cccnc3)cc2)CC1)Nc1ccccc1. The van der Waals surface area contributed by atoms with E-state index in [0.717, 1.165) is 11.3 Å². The molecule has 1 N–H and O–H groups in total. The molecular formula is C25H26N4O3. The summed E-state index contributed by atoms with van der Waals surface area (Å²) in [5.41, 5.74) is 2.41. The maximum absolute atomic E-state index is 12.8. The summed E-state index contributed by atoms with van der Waals surface area (Å²) in [6.07, 6.45) is 3.49. The van der Waals surface area contributed by atoms with Gasteiger partial charge in [-0.2, -0.15) is 0 Å². The highest BCUT2D eigenvalue weighted by Gasteiger charge is 2.23. The van der Waals surface area contributed by atoms with E-state index in [1.165, 1.54) is 0 Å². The molecule has 0 unspecified atom stereocenters. The molecule has 0 bridgehead atoms. The first-order valence-corrected chi connectivity index (χ1v) is 10.7. The quantitative estimate of drug-likeness (QED) is 0.624. The third-order valence-corrected chi connectivity index (χ3v) is 5.31. The van der Waals surface area contributed by atoms with E-state index in [-0.39, 0.29) is 11.8 Å². The van der Waals surface area contributed by atoms with Crippen LogP contribution in [-0.2, 0) is 11.4 Å². The summed E-state index contributed by atoms with van der Waals surface area (Å²) in [6.45, 7) is 3.27. The number of amides is 2.